The average molecular weight is 471 g/mol. The second-order valence-corrected chi connectivity index (χ2v) is 9.10. The average Bonchev–Trinajstić information content (AvgIpc) is 2.84. The summed E-state index contributed by atoms with van der Waals surface area (Å²) >= 11 is 5.93. The molecule has 2 saturated heterocycles. The van der Waals surface area contributed by atoms with Crippen LogP contribution in [0.25, 0.3) is 0 Å². The van der Waals surface area contributed by atoms with Crippen molar-refractivity contribution in [3.05, 3.63) is 68.7 Å². The molecule has 2 amide bonds. The summed E-state index contributed by atoms with van der Waals surface area (Å²) in [5, 5.41) is 11.7. The predicted molar refractivity (Wildman–Crippen MR) is 127 cm³/mol. The second-order valence-electron chi connectivity index (χ2n) is 8.66. The number of amides is 2. The van der Waals surface area contributed by atoms with Crippen molar-refractivity contribution >= 4 is 34.8 Å². The zero-order valence-electron chi connectivity index (χ0n) is 18.6. The SMILES string of the molecule is Cc1ccc(C(=O)N2CCCC(C(=O)N3CCN(c4ccc(Cl)cc4[N+](=O)[O-])CC3)C2)cc1. The van der Waals surface area contributed by atoms with Crippen molar-refractivity contribution in [3.8, 4) is 0 Å². The third-order valence-corrected chi connectivity index (χ3v) is 6.66. The van der Waals surface area contributed by atoms with E-state index in [1.54, 1.807) is 17.0 Å². The van der Waals surface area contributed by atoms with Crippen molar-refractivity contribution in [1.29, 1.82) is 0 Å². The Balaban J connectivity index is 1.37. The van der Waals surface area contributed by atoms with Gasteiger partial charge in [0.1, 0.15) is 5.69 Å². The molecule has 0 radical (unpaired) electrons. The number of anilines is 1. The van der Waals surface area contributed by atoms with E-state index >= 15 is 0 Å². The number of nitrogens with zero attached hydrogens (tertiary/aromatic N) is 4. The monoisotopic (exact) mass is 470 g/mol. The normalized spacial score (nSPS) is 18.8. The third kappa shape index (κ3) is 5.11. The molecular weight excluding hydrogens is 444 g/mol. The van der Waals surface area contributed by atoms with Crippen LogP contribution in [-0.4, -0.2) is 65.8 Å². The van der Waals surface area contributed by atoms with E-state index in [2.05, 4.69) is 0 Å². The minimum absolute atomic E-state index is 0.0279. The topological polar surface area (TPSA) is 87.0 Å². The zero-order chi connectivity index (χ0) is 23.5. The smallest absolute Gasteiger partial charge is 0.294 e. The largest absolute Gasteiger partial charge is 0.362 e. The van der Waals surface area contributed by atoms with E-state index in [0.717, 1.165) is 18.4 Å². The third-order valence-electron chi connectivity index (χ3n) is 6.42. The Morgan fingerprint density at radius 2 is 1.70 bits per heavy atom. The van der Waals surface area contributed by atoms with Crippen molar-refractivity contribution in [2.75, 3.05) is 44.2 Å². The molecule has 1 unspecified atom stereocenters. The van der Waals surface area contributed by atoms with Crippen LogP contribution in [0.4, 0.5) is 11.4 Å². The molecule has 2 heterocycles. The zero-order valence-corrected chi connectivity index (χ0v) is 19.3. The number of hydrogen-bond acceptors (Lipinski definition) is 5. The molecule has 0 spiro atoms. The number of carbonyl (C=O) groups is 2. The number of piperazine rings is 1. The molecule has 0 saturated carbocycles. The van der Waals surface area contributed by atoms with Gasteiger partial charge in [-0.15, -0.1) is 0 Å². The lowest BCUT2D eigenvalue weighted by molar-refractivity contribution is -0.384. The lowest BCUT2D eigenvalue weighted by atomic mass is 9.95. The highest BCUT2D eigenvalue weighted by Gasteiger charge is 2.33. The molecule has 0 aromatic heterocycles. The Kier molecular flexibility index (Phi) is 6.83. The van der Waals surface area contributed by atoms with E-state index in [1.807, 2.05) is 41.0 Å². The predicted octanol–water partition coefficient (Wildman–Crippen LogP) is 3.76. The number of nitro benzene ring substituents is 1. The van der Waals surface area contributed by atoms with Gasteiger partial charge >= 0.3 is 0 Å². The molecule has 2 aromatic rings. The summed E-state index contributed by atoms with van der Waals surface area (Å²) in [6.07, 6.45) is 1.56. The Labute approximate surface area is 197 Å². The van der Waals surface area contributed by atoms with Crippen molar-refractivity contribution in [2.24, 2.45) is 5.92 Å². The maximum absolute atomic E-state index is 13.2. The first-order valence-corrected chi connectivity index (χ1v) is 11.5. The molecule has 174 valence electrons. The van der Waals surface area contributed by atoms with Gasteiger partial charge in [0.05, 0.1) is 10.8 Å². The van der Waals surface area contributed by atoms with Crippen molar-refractivity contribution in [1.82, 2.24) is 9.80 Å². The molecule has 1 atom stereocenters. The number of rotatable bonds is 4. The van der Waals surface area contributed by atoms with Gasteiger partial charge in [0.25, 0.3) is 11.6 Å². The summed E-state index contributed by atoms with van der Waals surface area (Å²) in [5.41, 5.74) is 2.23. The Hall–Kier alpha value is -3.13. The molecule has 2 aromatic carbocycles. The van der Waals surface area contributed by atoms with Crippen LogP contribution in [0.1, 0.15) is 28.8 Å². The Bertz CT molecular complexity index is 1050. The number of hydrogen-bond donors (Lipinski definition) is 0. The van der Waals surface area contributed by atoms with Crippen LogP contribution in [0.5, 0.6) is 0 Å². The van der Waals surface area contributed by atoms with E-state index in [9.17, 15) is 19.7 Å². The number of carbonyl (C=O) groups excluding carboxylic acids is 2. The van der Waals surface area contributed by atoms with Gasteiger partial charge in [0, 0.05) is 55.9 Å². The fraction of sp³-hybridized carbons (Fsp3) is 0.417. The summed E-state index contributed by atoms with van der Waals surface area (Å²) in [4.78, 5) is 42.6. The molecule has 9 heteroatoms. The van der Waals surface area contributed by atoms with Crippen molar-refractivity contribution < 1.29 is 14.5 Å². The van der Waals surface area contributed by atoms with Gasteiger partial charge in [-0.3, -0.25) is 19.7 Å². The number of benzene rings is 2. The quantitative estimate of drug-likeness (QED) is 0.501. The minimum atomic E-state index is -0.430. The van der Waals surface area contributed by atoms with E-state index in [0.29, 0.717) is 55.5 Å². The lowest BCUT2D eigenvalue weighted by Crippen LogP contribution is -2.53. The van der Waals surface area contributed by atoms with E-state index < -0.39 is 4.92 Å². The summed E-state index contributed by atoms with van der Waals surface area (Å²) in [6, 6.07) is 12.2. The molecular formula is C24H27ClN4O4. The summed E-state index contributed by atoms with van der Waals surface area (Å²) < 4.78 is 0. The highest BCUT2D eigenvalue weighted by molar-refractivity contribution is 6.30. The number of halogens is 1. The molecule has 8 nitrogen and oxygen atoms in total. The second kappa shape index (κ2) is 9.79. The Morgan fingerprint density at radius 1 is 1.00 bits per heavy atom. The highest BCUT2D eigenvalue weighted by Crippen LogP contribution is 2.32. The molecule has 2 aliphatic rings. The molecule has 0 aliphatic carbocycles. The fourth-order valence-electron chi connectivity index (χ4n) is 4.58. The maximum atomic E-state index is 13.2. The summed E-state index contributed by atoms with van der Waals surface area (Å²) in [6.45, 7) is 5.05. The first kappa shape index (κ1) is 23.0. The van der Waals surface area contributed by atoms with Crippen LogP contribution in [0, 0.1) is 23.0 Å². The molecule has 2 aliphatic heterocycles. The number of nitro groups is 1. The van der Waals surface area contributed by atoms with Crippen LogP contribution in [-0.2, 0) is 4.79 Å². The van der Waals surface area contributed by atoms with Gasteiger partial charge in [-0.1, -0.05) is 29.3 Å². The fourth-order valence-corrected chi connectivity index (χ4v) is 4.74. The van der Waals surface area contributed by atoms with Crippen LogP contribution in [0.3, 0.4) is 0 Å². The molecule has 0 bridgehead atoms. The molecule has 4 rings (SSSR count). The first-order valence-electron chi connectivity index (χ1n) is 11.2. The van der Waals surface area contributed by atoms with Crippen LogP contribution < -0.4 is 4.90 Å². The molecule has 33 heavy (non-hydrogen) atoms. The van der Waals surface area contributed by atoms with Crippen LogP contribution in [0.2, 0.25) is 5.02 Å². The van der Waals surface area contributed by atoms with E-state index in [4.69, 9.17) is 11.6 Å². The minimum Gasteiger partial charge on any atom is -0.362 e. The number of aryl methyl sites for hydroxylation is 1. The summed E-state index contributed by atoms with van der Waals surface area (Å²) in [7, 11) is 0. The van der Waals surface area contributed by atoms with E-state index in [1.165, 1.54) is 6.07 Å². The van der Waals surface area contributed by atoms with Gasteiger partial charge in [-0.05, 0) is 44.0 Å². The van der Waals surface area contributed by atoms with Gasteiger partial charge in [0.2, 0.25) is 5.91 Å². The van der Waals surface area contributed by atoms with Crippen LogP contribution in [0.15, 0.2) is 42.5 Å². The van der Waals surface area contributed by atoms with Gasteiger partial charge < -0.3 is 14.7 Å². The van der Waals surface area contributed by atoms with Crippen molar-refractivity contribution in [3.63, 3.8) is 0 Å². The van der Waals surface area contributed by atoms with Gasteiger partial charge in [0.15, 0.2) is 0 Å². The Morgan fingerprint density at radius 3 is 2.36 bits per heavy atom. The first-order chi connectivity index (χ1) is 15.8. The van der Waals surface area contributed by atoms with Crippen molar-refractivity contribution in [2.45, 2.75) is 19.8 Å². The van der Waals surface area contributed by atoms with Crippen LogP contribution >= 0.6 is 11.6 Å². The maximum Gasteiger partial charge on any atom is 0.294 e. The van der Waals surface area contributed by atoms with E-state index in [-0.39, 0.29) is 23.4 Å². The molecule has 0 N–H and O–H groups in total. The van der Waals surface area contributed by atoms with Gasteiger partial charge in [-0.2, -0.15) is 0 Å². The summed E-state index contributed by atoms with van der Waals surface area (Å²) in [5.74, 6) is -0.196. The number of likely N-dealkylation sites (tertiary alicyclic amines) is 1. The lowest BCUT2D eigenvalue weighted by Gasteiger charge is -2.39. The highest BCUT2D eigenvalue weighted by atomic mass is 35.5. The van der Waals surface area contributed by atoms with Gasteiger partial charge in [-0.25, -0.2) is 0 Å². The number of piperidine rings is 1. The molecule has 2 fully saturated rings. The standard InChI is InChI=1S/C24H27ClN4O4/c1-17-4-6-18(7-5-17)23(30)28-10-2-3-19(16-28)24(31)27-13-11-26(12-14-27)21-9-8-20(25)15-22(21)29(32)33/h4-9,15,19H,2-3,10-14,16H2,1H3.